The quantitative estimate of drug-likeness (QED) is 0.0639. The maximum absolute atomic E-state index is 13.9. The lowest BCUT2D eigenvalue weighted by molar-refractivity contribution is -0.116. The summed E-state index contributed by atoms with van der Waals surface area (Å²) in [5.74, 6) is -0.269. The molecule has 0 aliphatic heterocycles. The van der Waals surface area contributed by atoms with Crippen LogP contribution >= 0.6 is 23.1 Å². The third kappa shape index (κ3) is 9.73. The highest BCUT2D eigenvalue weighted by atomic mass is 32.2. The second-order valence-corrected chi connectivity index (χ2v) is 13.7. The lowest BCUT2D eigenvalue weighted by Gasteiger charge is -2.17. The second-order valence-electron chi connectivity index (χ2n) is 11.7. The monoisotopic (exact) mass is 756 g/mol. The van der Waals surface area contributed by atoms with E-state index < -0.39 is 17.1 Å². The van der Waals surface area contributed by atoms with Crippen LogP contribution in [0.2, 0.25) is 0 Å². The van der Waals surface area contributed by atoms with Crippen molar-refractivity contribution in [3.8, 4) is 28.5 Å². The molecule has 6 rings (SSSR count). The molecule has 6 aromatic rings. The van der Waals surface area contributed by atoms with Gasteiger partial charge in [-0.3, -0.25) is 14.4 Å². The Kier molecular flexibility index (Phi) is 12.4. The van der Waals surface area contributed by atoms with Gasteiger partial charge in [0.1, 0.15) is 28.2 Å². The van der Waals surface area contributed by atoms with Crippen molar-refractivity contribution in [3.63, 3.8) is 0 Å². The molecule has 10 nitrogen and oxygen atoms in total. The lowest BCUT2D eigenvalue weighted by Crippen LogP contribution is -2.30. The third-order valence-corrected chi connectivity index (χ3v) is 9.93. The van der Waals surface area contributed by atoms with Crippen molar-refractivity contribution < 1.29 is 29.0 Å². The lowest BCUT2D eigenvalue weighted by atomic mass is 10.1. The number of thiazole rings is 1. The molecule has 1 unspecified atom stereocenters. The van der Waals surface area contributed by atoms with Crippen molar-refractivity contribution in [1.82, 2.24) is 10.3 Å². The van der Waals surface area contributed by atoms with Gasteiger partial charge in [-0.25, -0.2) is 4.98 Å². The van der Waals surface area contributed by atoms with Crippen molar-refractivity contribution in [2.45, 2.75) is 17.1 Å². The van der Waals surface area contributed by atoms with Crippen LogP contribution in [0.15, 0.2) is 143 Å². The average Bonchev–Trinajstić information content (AvgIpc) is 3.66. The van der Waals surface area contributed by atoms with Gasteiger partial charge in [0.2, 0.25) is 5.91 Å². The number of carbonyl (C=O) groups excluding carboxylic acids is 3. The van der Waals surface area contributed by atoms with Gasteiger partial charge in [0.15, 0.2) is 5.13 Å². The molecule has 0 radical (unpaired) electrons. The van der Waals surface area contributed by atoms with Crippen LogP contribution in [-0.4, -0.2) is 41.5 Å². The molecule has 54 heavy (non-hydrogen) atoms. The SMILES string of the molecule is CCOc1ccc(-c2csc(NC(=O)C(Sc3cccc(NC(=O)/C(=C\c4ccc(O)cc4OC)NC(=O)c4ccccc4)c3)c3ccccc3)n2)cc1. The fourth-order valence-corrected chi connectivity index (χ4v) is 7.13. The van der Waals surface area contributed by atoms with Gasteiger partial charge in [-0.1, -0.05) is 54.6 Å². The zero-order chi connectivity index (χ0) is 37.9. The molecule has 0 saturated heterocycles. The van der Waals surface area contributed by atoms with Gasteiger partial charge in [0, 0.05) is 38.7 Å². The van der Waals surface area contributed by atoms with Gasteiger partial charge in [0.05, 0.1) is 19.4 Å². The van der Waals surface area contributed by atoms with Crippen molar-refractivity contribution in [2.24, 2.45) is 0 Å². The molecule has 5 aromatic carbocycles. The Balaban J connectivity index is 1.21. The highest BCUT2D eigenvalue weighted by Crippen LogP contribution is 2.38. The summed E-state index contributed by atoms with van der Waals surface area (Å²) in [7, 11) is 1.44. The standard InChI is InChI=1S/C42H36N4O6S2/c1-3-52-33-21-18-27(19-22-33)36-26-53-42(45-36)46-41(50)38(28-11-6-4-7-12-28)54-34-16-10-15-31(24-34)43-40(49)35(44-39(48)29-13-8-5-9-14-29)23-30-17-20-32(47)25-37(30)51-2/h4-26,38,47H,3H2,1-2H3,(H,43,49)(H,44,48)(H,45,46,50)/b35-23+. The highest BCUT2D eigenvalue weighted by molar-refractivity contribution is 8.00. The van der Waals surface area contributed by atoms with Gasteiger partial charge in [-0.15, -0.1) is 23.1 Å². The van der Waals surface area contributed by atoms with Crippen molar-refractivity contribution in [2.75, 3.05) is 24.4 Å². The molecular weight excluding hydrogens is 721 g/mol. The number of anilines is 2. The van der Waals surface area contributed by atoms with Crippen LogP contribution in [0.25, 0.3) is 17.3 Å². The summed E-state index contributed by atoms with van der Waals surface area (Å²) in [6.07, 6.45) is 1.47. The molecule has 1 aromatic heterocycles. The minimum atomic E-state index is -0.655. The number of benzene rings is 5. The number of aromatic hydroxyl groups is 1. The Morgan fingerprint density at radius 1 is 0.870 bits per heavy atom. The van der Waals surface area contributed by atoms with Crippen LogP contribution < -0.4 is 25.4 Å². The number of amides is 3. The number of hydrogen-bond acceptors (Lipinski definition) is 9. The van der Waals surface area contributed by atoms with Crippen molar-refractivity contribution in [3.05, 3.63) is 155 Å². The van der Waals surface area contributed by atoms with Crippen molar-refractivity contribution >= 4 is 57.7 Å². The summed E-state index contributed by atoms with van der Waals surface area (Å²) >= 11 is 2.66. The van der Waals surface area contributed by atoms with Crippen LogP contribution in [0.1, 0.15) is 33.7 Å². The number of methoxy groups -OCH3 is 1. The predicted molar refractivity (Wildman–Crippen MR) is 214 cm³/mol. The van der Waals surface area contributed by atoms with Crippen LogP contribution in [0.3, 0.4) is 0 Å². The largest absolute Gasteiger partial charge is 0.508 e. The second kappa shape index (κ2) is 17.9. The van der Waals surface area contributed by atoms with Crippen LogP contribution in [0.5, 0.6) is 17.2 Å². The maximum Gasteiger partial charge on any atom is 0.272 e. The number of aromatic nitrogens is 1. The van der Waals surface area contributed by atoms with E-state index in [1.807, 2.05) is 73.0 Å². The van der Waals surface area contributed by atoms with Gasteiger partial charge < -0.3 is 30.5 Å². The molecule has 0 saturated carbocycles. The molecule has 12 heteroatoms. The average molecular weight is 757 g/mol. The van der Waals surface area contributed by atoms with Crippen LogP contribution in [0, 0.1) is 0 Å². The van der Waals surface area contributed by atoms with Gasteiger partial charge >= 0.3 is 0 Å². The molecule has 272 valence electrons. The zero-order valence-corrected chi connectivity index (χ0v) is 30.9. The van der Waals surface area contributed by atoms with E-state index in [1.54, 1.807) is 54.6 Å². The zero-order valence-electron chi connectivity index (χ0n) is 29.3. The Bertz CT molecular complexity index is 2260. The Labute approximate surface area is 320 Å². The van der Waals surface area contributed by atoms with E-state index in [4.69, 9.17) is 9.47 Å². The molecule has 0 aliphatic rings. The number of hydrogen-bond donors (Lipinski definition) is 4. The summed E-state index contributed by atoms with van der Waals surface area (Å²) in [6.45, 7) is 2.51. The number of nitrogens with zero attached hydrogens (tertiary/aromatic N) is 1. The smallest absolute Gasteiger partial charge is 0.272 e. The number of carbonyl (C=O) groups is 3. The number of nitrogens with one attached hydrogen (secondary N) is 3. The number of phenols is 1. The van der Waals surface area contributed by atoms with E-state index in [1.165, 1.54) is 48.4 Å². The minimum Gasteiger partial charge on any atom is -0.508 e. The molecule has 0 bridgehead atoms. The fourth-order valence-electron chi connectivity index (χ4n) is 5.32. The summed E-state index contributed by atoms with van der Waals surface area (Å²) in [5, 5.41) is 20.2. The van der Waals surface area contributed by atoms with Crippen molar-refractivity contribution in [1.29, 1.82) is 0 Å². The first-order valence-electron chi connectivity index (χ1n) is 16.9. The number of phenolic OH excluding ortho intramolecular Hbond substituents is 1. The van der Waals surface area contributed by atoms with Gasteiger partial charge in [-0.2, -0.15) is 0 Å². The highest BCUT2D eigenvalue weighted by Gasteiger charge is 2.24. The Morgan fingerprint density at radius 2 is 1.61 bits per heavy atom. The normalized spacial score (nSPS) is 11.6. The fraction of sp³-hybridized carbons (Fsp3) is 0.0952. The predicted octanol–water partition coefficient (Wildman–Crippen LogP) is 8.80. The Morgan fingerprint density at radius 3 is 2.33 bits per heavy atom. The summed E-state index contributed by atoms with van der Waals surface area (Å²) in [6, 6.07) is 37.1. The van der Waals surface area contributed by atoms with Crippen LogP contribution in [0.4, 0.5) is 10.8 Å². The number of rotatable bonds is 14. The topological polar surface area (TPSA) is 139 Å². The first-order valence-corrected chi connectivity index (χ1v) is 18.6. The maximum atomic E-state index is 13.9. The summed E-state index contributed by atoms with van der Waals surface area (Å²) in [4.78, 5) is 46.2. The van der Waals surface area contributed by atoms with Gasteiger partial charge in [-0.05, 0) is 85.3 Å². The molecule has 3 amide bonds. The van der Waals surface area contributed by atoms with E-state index in [0.29, 0.717) is 39.2 Å². The molecule has 0 spiro atoms. The van der Waals surface area contributed by atoms with E-state index in [9.17, 15) is 19.5 Å². The molecule has 1 atom stereocenters. The molecule has 0 aliphatic carbocycles. The molecule has 4 N–H and O–H groups in total. The number of ether oxygens (including phenoxy) is 2. The molecule has 1 heterocycles. The summed E-state index contributed by atoms with van der Waals surface area (Å²) < 4.78 is 10.9. The van der Waals surface area contributed by atoms with E-state index in [2.05, 4.69) is 20.9 Å². The summed E-state index contributed by atoms with van der Waals surface area (Å²) in [5.41, 5.74) is 3.64. The first-order chi connectivity index (χ1) is 26.3. The Hall–Kier alpha value is -6.37. The number of thioether (sulfide) groups is 1. The van der Waals surface area contributed by atoms with E-state index in [0.717, 1.165) is 22.6 Å². The first kappa shape index (κ1) is 37.4. The third-order valence-electron chi connectivity index (χ3n) is 7.93. The van der Waals surface area contributed by atoms with Gasteiger partial charge in [0.25, 0.3) is 11.8 Å². The van der Waals surface area contributed by atoms with Crippen LogP contribution in [-0.2, 0) is 9.59 Å². The molecule has 0 fully saturated rings. The van der Waals surface area contributed by atoms with E-state index >= 15 is 0 Å². The minimum absolute atomic E-state index is 0.0135. The van der Waals surface area contributed by atoms with E-state index in [-0.39, 0.29) is 17.4 Å². The molecular formula is C42H36N4O6S2.